The molecule has 0 saturated carbocycles. The highest BCUT2D eigenvalue weighted by Gasteiger charge is 2.20. The zero-order chi connectivity index (χ0) is 13.1. The number of hydrogen-bond donors (Lipinski definition) is 1. The van der Waals surface area contributed by atoms with Crippen LogP contribution in [0.15, 0.2) is 28.9 Å². The van der Waals surface area contributed by atoms with Crippen molar-refractivity contribution in [3.05, 3.63) is 30.0 Å². The van der Waals surface area contributed by atoms with Crippen molar-refractivity contribution in [1.29, 1.82) is 0 Å². The van der Waals surface area contributed by atoms with E-state index in [1.54, 1.807) is 18.2 Å². The molecule has 0 aliphatic heterocycles. The minimum absolute atomic E-state index is 0.281. The molecule has 1 N–H and O–H groups in total. The second-order valence-corrected chi connectivity index (χ2v) is 4.18. The molecule has 0 amide bonds. The van der Waals surface area contributed by atoms with E-state index >= 15 is 0 Å². The van der Waals surface area contributed by atoms with Crippen molar-refractivity contribution < 1.29 is 27.9 Å². The first-order valence-electron chi connectivity index (χ1n) is 4.99. The zero-order valence-electron chi connectivity index (χ0n) is 9.45. The number of ether oxygens (including phenoxy) is 1. The van der Waals surface area contributed by atoms with E-state index in [9.17, 15) is 9.36 Å². The predicted octanol–water partition coefficient (Wildman–Crippen LogP) is 2.29. The lowest BCUT2D eigenvalue weighted by Crippen LogP contribution is -2.08. The number of furan rings is 1. The highest BCUT2D eigenvalue weighted by Crippen LogP contribution is 2.27. The Balaban J connectivity index is 2.35. The van der Waals surface area contributed by atoms with Gasteiger partial charge in [0.1, 0.15) is 11.3 Å². The van der Waals surface area contributed by atoms with Gasteiger partial charge in [0.15, 0.2) is 12.4 Å². The third-order valence-corrected chi connectivity index (χ3v) is 2.73. The van der Waals surface area contributed by atoms with Crippen LogP contribution >= 0.6 is 8.25 Å². The van der Waals surface area contributed by atoms with Crippen molar-refractivity contribution in [2.45, 2.75) is 0 Å². The van der Waals surface area contributed by atoms with Gasteiger partial charge >= 0.3 is 8.25 Å². The molecule has 1 aromatic carbocycles. The number of ketones is 1. The average molecular weight is 269 g/mol. The van der Waals surface area contributed by atoms with Crippen molar-refractivity contribution in [2.75, 3.05) is 13.7 Å². The van der Waals surface area contributed by atoms with Crippen LogP contribution in [-0.4, -0.2) is 24.4 Å². The predicted molar refractivity (Wildman–Crippen MR) is 62.9 cm³/mol. The van der Waals surface area contributed by atoms with Gasteiger partial charge in [-0.3, -0.25) is 4.79 Å². The first-order valence-corrected chi connectivity index (χ1v) is 6.12. The molecule has 7 heteroatoms. The van der Waals surface area contributed by atoms with E-state index in [1.165, 1.54) is 13.4 Å². The van der Waals surface area contributed by atoms with Crippen molar-refractivity contribution in [3.63, 3.8) is 0 Å². The van der Waals surface area contributed by atoms with Gasteiger partial charge < -0.3 is 9.15 Å². The van der Waals surface area contributed by atoms with Crippen LogP contribution in [0.1, 0.15) is 10.4 Å². The van der Waals surface area contributed by atoms with Gasteiger partial charge in [-0.05, 0) is 12.1 Å². The van der Waals surface area contributed by atoms with E-state index in [2.05, 4.69) is 4.52 Å². The third kappa shape index (κ3) is 2.56. The Morgan fingerprint density at radius 1 is 1.50 bits per heavy atom. The van der Waals surface area contributed by atoms with Gasteiger partial charge in [-0.25, -0.2) is 0 Å². The number of carbonyl (C=O) groups excluding carboxylic acids is 1. The molecule has 1 unspecified atom stereocenters. The number of hydrogen-bond acceptors (Lipinski definition) is 5. The van der Waals surface area contributed by atoms with Crippen LogP contribution in [-0.2, 0) is 9.09 Å². The molecule has 0 fully saturated rings. The summed E-state index contributed by atoms with van der Waals surface area (Å²) in [7, 11) is -1.37. The summed E-state index contributed by atoms with van der Waals surface area (Å²) in [5, 5.41) is 0.743. The Bertz CT molecular complexity index is 603. The van der Waals surface area contributed by atoms with Gasteiger partial charge in [-0.1, -0.05) is 0 Å². The van der Waals surface area contributed by atoms with Crippen LogP contribution in [0.3, 0.4) is 0 Å². The molecule has 1 heterocycles. The van der Waals surface area contributed by atoms with Crippen molar-refractivity contribution in [3.8, 4) is 5.75 Å². The topological polar surface area (TPSA) is 86.0 Å². The summed E-state index contributed by atoms with van der Waals surface area (Å²) in [6.45, 7) is -0.481. The molecule has 0 bridgehead atoms. The van der Waals surface area contributed by atoms with Crippen molar-refractivity contribution >= 4 is 25.0 Å². The highest BCUT2D eigenvalue weighted by molar-refractivity contribution is 7.32. The van der Waals surface area contributed by atoms with Gasteiger partial charge in [0.25, 0.3) is 0 Å². The number of fused-ring (bicyclic) bond motifs is 1. The summed E-state index contributed by atoms with van der Waals surface area (Å²) >= 11 is 0. The van der Waals surface area contributed by atoms with Crippen LogP contribution < -0.4 is 4.74 Å². The molecule has 0 aliphatic rings. The van der Waals surface area contributed by atoms with E-state index < -0.39 is 20.6 Å². The van der Waals surface area contributed by atoms with Gasteiger partial charge in [0, 0.05) is 16.0 Å². The van der Waals surface area contributed by atoms with E-state index in [4.69, 9.17) is 14.0 Å². The molecule has 0 radical (unpaired) electrons. The largest absolute Gasteiger partial charge is 0.695 e. The Hall–Kier alpha value is -1.75. The molecule has 0 saturated heterocycles. The lowest BCUT2D eigenvalue weighted by Gasteiger charge is -2.05. The van der Waals surface area contributed by atoms with Crippen molar-refractivity contribution in [1.82, 2.24) is 0 Å². The van der Waals surface area contributed by atoms with Gasteiger partial charge in [0.05, 0.1) is 18.9 Å². The summed E-state index contributed by atoms with van der Waals surface area (Å²) in [5.41, 5.74) is 0.876. The van der Waals surface area contributed by atoms with E-state index in [-0.39, 0.29) is 5.56 Å². The standard InChI is InChI=1S/C11H9O6P/c1-15-11-5-10-7(2-3-16-10)4-8(11)9(12)6-17-18(13)14/h2-5H,6H2,1H3/p+1. The second-order valence-electron chi connectivity index (χ2n) is 3.45. The van der Waals surface area contributed by atoms with Crippen LogP contribution in [0.5, 0.6) is 5.75 Å². The smallest absolute Gasteiger partial charge is 0.496 e. The summed E-state index contributed by atoms with van der Waals surface area (Å²) in [4.78, 5) is 20.3. The number of carbonyl (C=O) groups is 1. The Labute approximate surface area is 103 Å². The molecular formula is C11H10O6P+. The Morgan fingerprint density at radius 2 is 2.28 bits per heavy atom. The van der Waals surface area contributed by atoms with Gasteiger partial charge in [0.2, 0.25) is 0 Å². The quantitative estimate of drug-likeness (QED) is 0.662. The first-order chi connectivity index (χ1) is 8.61. The normalized spacial score (nSPS) is 11.6. The van der Waals surface area contributed by atoms with Crippen LogP contribution in [0.25, 0.3) is 11.0 Å². The minimum Gasteiger partial charge on any atom is -0.496 e. The number of benzene rings is 1. The van der Waals surface area contributed by atoms with Gasteiger partial charge in [-0.2, -0.15) is 0 Å². The summed E-state index contributed by atoms with van der Waals surface area (Å²) < 4.78 is 25.0. The van der Waals surface area contributed by atoms with Crippen LogP contribution in [0.4, 0.5) is 0 Å². The number of Topliss-reactive ketones (excluding diaryl/α,β-unsaturated/α-hetero) is 1. The molecule has 0 spiro atoms. The lowest BCUT2D eigenvalue weighted by molar-refractivity contribution is 0.0914. The molecule has 2 aromatic rings. The summed E-state index contributed by atoms with van der Waals surface area (Å²) in [6.07, 6.45) is 1.50. The van der Waals surface area contributed by atoms with E-state index in [0.717, 1.165) is 5.39 Å². The van der Waals surface area contributed by atoms with Crippen LogP contribution in [0, 0.1) is 0 Å². The van der Waals surface area contributed by atoms with Crippen LogP contribution in [0.2, 0.25) is 0 Å². The molecular weight excluding hydrogens is 259 g/mol. The molecule has 0 aliphatic carbocycles. The third-order valence-electron chi connectivity index (χ3n) is 2.38. The minimum atomic E-state index is -2.79. The zero-order valence-corrected chi connectivity index (χ0v) is 10.3. The number of methoxy groups -OCH3 is 1. The molecule has 6 nitrogen and oxygen atoms in total. The maximum Gasteiger partial charge on any atom is 0.695 e. The van der Waals surface area contributed by atoms with E-state index in [1.807, 2.05) is 0 Å². The first kappa shape index (κ1) is 12.7. The molecule has 94 valence electrons. The maximum absolute atomic E-state index is 11.8. The van der Waals surface area contributed by atoms with Gasteiger partial charge in [-0.15, -0.1) is 9.42 Å². The monoisotopic (exact) mass is 269 g/mol. The summed E-state index contributed by atoms with van der Waals surface area (Å²) in [5.74, 6) is -0.105. The Morgan fingerprint density at radius 3 is 2.94 bits per heavy atom. The molecule has 18 heavy (non-hydrogen) atoms. The van der Waals surface area contributed by atoms with Crippen molar-refractivity contribution in [2.24, 2.45) is 0 Å². The van der Waals surface area contributed by atoms with E-state index in [0.29, 0.717) is 11.3 Å². The maximum atomic E-state index is 11.8. The fourth-order valence-electron chi connectivity index (χ4n) is 1.57. The molecule has 1 atom stereocenters. The molecule has 1 aromatic heterocycles. The highest BCUT2D eigenvalue weighted by atomic mass is 31.1. The SMILES string of the molecule is COc1cc2occc2cc1C(=O)CO[P+](=O)O. The molecule has 2 rings (SSSR count). The average Bonchev–Trinajstić information content (AvgIpc) is 2.81. The lowest BCUT2D eigenvalue weighted by atomic mass is 10.1. The fraction of sp³-hybridized carbons (Fsp3) is 0.182. The number of rotatable bonds is 5. The summed E-state index contributed by atoms with van der Waals surface area (Å²) in [6, 6.07) is 4.88. The fourth-order valence-corrected chi connectivity index (χ4v) is 1.80. The second kappa shape index (κ2) is 5.27. The Kier molecular flexibility index (Phi) is 3.72.